The molecule has 1 aromatic carbocycles. The molecule has 0 amide bonds. The van der Waals surface area contributed by atoms with E-state index in [9.17, 15) is 0 Å². The second kappa shape index (κ2) is 4.85. The predicted octanol–water partition coefficient (Wildman–Crippen LogP) is 4.26. The molecular formula is C15H22N2OSi. The van der Waals surface area contributed by atoms with E-state index in [0.717, 1.165) is 11.4 Å². The van der Waals surface area contributed by atoms with Gasteiger partial charge in [0.25, 0.3) is 8.32 Å². The maximum Gasteiger partial charge on any atom is 0.250 e. The number of benzene rings is 1. The van der Waals surface area contributed by atoms with Gasteiger partial charge in [-0.05, 0) is 36.3 Å². The SMILES string of the molecule is CC(C)(C)[Si](C)(C)Oc1ccccc1-n1cccn1. The summed E-state index contributed by atoms with van der Waals surface area (Å²) in [6, 6.07) is 10.0. The summed E-state index contributed by atoms with van der Waals surface area (Å²) in [5, 5.41) is 4.48. The average molecular weight is 274 g/mol. The molecule has 0 aliphatic carbocycles. The Balaban J connectivity index is 2.37. The second-order valence-electron chi connectivity index (χ2n) is 6.28. The highest BCUT2D eigenvalue weighted by atomic mass is 28.4. The highest BCUT2D eigenvalue weighted by Crippen LogP contribution is 2.38. The Morgan fingerprint density at radius 3 is 2.37 bits per heavy atom. The predicted molar refractivity (Wildman–Crippen MR) is 81.4 cm³/mol. The number of aromatic nitrogens is 2. The lowest BCUT2D eigenvalue weighted by Crippen LogP contribution is -2.44. The number of hydrogen-bond acceptors (Lipinski definition) is 2. The molecule has 4 heteroatoms. The molecule has 2 aromatic rings. The molecule has 0 bridgehead atoms. The van der Waals surface area contributed by atoms with Crippen LogP contribution in [0.25, 0.3) is 5.69 Å². The normalized spacial score (nSPS) is 12.5. The van der Waals surface area contributed by atoms with Gasteiger partial charge in [0.2, 0.25) is 0 Å². The van der Waals surface area contributed by atoms with E-state index in [1.807, 2.05) is 41.2 Å². The maximum absolute atomic E-state index is 6.40. The minimum atomic E-state index is -1.83. The molecule has 19 heavy (non-hydrogen) atoms. The van der Waals surface area contributed by atoms with Gasteiger partial charge in [-0.3, -0.25) is 0 Å². The van der Waals surface area contributed by atoms with Crippen molar-refractivity contribution in [1.82, 2.24) is 9.78 Å². The smallest absolute Gasteiger partial charge is 0.250 e. The van der Waals surface area contributed by atoms with E-state index < -0.39 is 8.32 Å². The summed E-state index contributed by atoms with van der Waals surface area (Å²) < 4.78 is 8.25. The number of nitrogens with zero attached hydrogens (tertiary/aromatic N) is 2. The zero-order chi connectivity index (χ0) is 14.1. The molecule has 0 unspecified atom stereocenters. The Kier molecular flexibility index (Phi) is 3.54. The number of hydrogen-bond donors (Lipinski definition) is 0. The van der Waals surface area contributed by atoms with E-state index >= 15 is 0 Å². The van der Waals surface area contributed by atoms with Crippen LogP contribution in [-0.4, -0.2) is 18.1 Å². The Bertz CT molecular complexity index is 542. The fourth-order valence-corrected chi connectivity index (χ4v) is 2.60. The van der Waals surface area contributed by atoms with Crippen molar-refractivity contribution in [3.8, 4) is 11.4 Å². The van der Waals surface area contributed by atoms with Gasteiger partial charge in [-0.1, -0.05) is 32.9 Å². The molecule has 0 radical (unpaired) electrons. The quantitative estimate of drug-likeness (QED) is 0.782. The first-order valence-electron chi connectivity index (χ1n) is 6.59. The van der Waals surface area contributed by atoms with Crippen molar-refractivity contribution in [3.05, 3.63) is 42.7 Å². The molecule has 0 saturated heterocycles. The van der Waals surface area contributed by atoms with Gasteiger partial charge in [-0.15, -0.1) is 0 Å². The summed E-state index contributed by atoms with van der Waals surface area (Å²) in [7, 11) is -1.83. The first-order valence-corrected chi connectivity index (χ1v) is 9.50. The Morgan fingerprint density at radius 2 is 1.79 bits per heavy atom. The summed E-state index contributed by atoms with van der Waals surface area (Å²) in [4.78, 5) is 0. The summed E-state index contributed by atoms with van der Waals surface area (Å²) in [6.45, 7) is 11.3. The van der Waals surface area contributed by atoms with Crippen molar-refractivity contribution >= 4 is 8.32 Å². The molecule has 0 N–H and O–H groups in total. The summed E-state index contributed by atoms with van der Waals surface area (Å²) in [5.41, 5.74) is 0.998. The number of rotatable bonds is 3. The summed E-state index contributed by atoms with van der Waals surface area (Å²) in [5.74, 6) is 0.915. The highest BCUT2D eigenvalue weighted by molar-refractivity contribution is 6.74. The molecule has 0 aliphatic rings. The molecule has 102 valence electrons. The summed E-state index contributed by atoms with van der Waals surface area (Å²) in [6.07, 6.45) is 3.72. The fraction of sp³-hybridized carbons (Fsp3) is 0.400. The molecule has 0 spiro atoms. The van der Waals surface area contributed by atoms with Gasteiger partial charge in [-0.2, -0.15) is 5.10 Å². The largest absolute Gasteiger partial charge is 0.542 e. The first kappa shape index (κ1) is 13.9. The van der Waals surface area contributed by atoms with Crippen LogP contribution in [0.1, 0.15) is 20.8 Å². The molecule has 0 atom stereocenters. The molecule has 0 aliphatic heterocycles. The van der Waals surface area contributed by atoms with E-state index in [0.29, 0.717) is 0 Å². The van der Waals surface area contributed by atoms with E-state index in [-0.39, 0.29) is 5.04 Å². The lowest BCUT2D eigenvalue weighted by atomic mass is 10.2. The standard InChI is InChI=1S/C15H22N2OSi/c1-15(2,3)19(4,5)18-14-10-7-6-9-13(14)17-12-8-11-16-17/h6-12H,1-5H3. The van der Waals surface area contributed by atoms with Gasteiger partial charge >= 0.3 is 0 Å². The summed E-state index contributed by atoms with van der Waals surface area (Å²) >= 11 is 0. The van der Waals surface area contributed by atoms with Crippen molar-refractivity contribution in [2.45, 2.75) is 38.9 Å². The van der Waals surface area contributed by atoms with E-state index in [1.165, 1.54) is 0 Å². The number of para-hydroxylation sites is 2. The van der Waals surface area contributed by atoms with E-state index in [1.54, 1.807) is 6.20 Å². The third-order valence-corrected chi connectivity index (χ3v) is 8.13. The third-order valence-electron chi connectivity index (χ3n) is 3.79. The molecule has 0 saturated carbocycles. The van der Waals surface area contributed by atoms with Crippen molar-refractivity contribution in [2.24, 2.45) is 0 Å². The van der Waals surface area contributed by atoms with Gasteiger partial charge in [0, 0.05) is 12.4 Å². The van der Waals surface area contributed by atoms with Gasteiger partial charge in [-0.25, -0.2) is 4.68 Å². The fourth-order valence-electron chi connectivity index (χ4n) is 1.57. The maximum atomic E-state index is 6.40. The van der Waals surface area contributed by atoms with Crippen LogP contribution in [-0.2, 0) is 0 Å². The van der Waals surface area contributed by atoms with Crippen molar-refractivity contribution in [1.29, 1.82) is 0 Å². The lowest BCUT2D eigenvalue weighted by molar-refractivity contribution is 0.488. The van der Waals surface area contributed by atoms with Gasteiger partial charge in [0.15, 0.2) is 0 Å². The Hall–Kier alpha value is -1.55. The zero-order valence-electron chi connectivity index (χ0n) is 12.3. The van der Waals surface area contributed by atoms with Crippen LogP contribution in [0.15, 0.2) is 42.7 Å². The van der Waals surface area contributed by atoms with E-state index in [2.05, 4.69) is 39.0 Å². The van der Waals surface area contributed by atoms with Gasteiger partial charge < -0.3 is 4.43 Å². The van der Waals surface area contributed by atoms with Crippen LogP contribution in [0.3, 0.4) is 0 Å². The molecular weight excluding hydrogens is 252 g/mol. The second-order valence-corrected chi connectivity index (χ2v) is 11.0. The van der Waals surface area contributed by atoms with Crippen LogP contribution in [0.4, 0.5) is 0 Å². The first-order chi connectivity index (χ1) is 8.81. The van der Waals surface area contributed by atoms with Crippen LogP contribution in [0, 0.1) is 0 Å². The molecule has 1 heterocycles. The van der Waals surface area contributed by atoms with Crippen molar-refractivity contribution in [2.75, 3.05) is 0 Å². The van der Waals surface area contributed by atoms with Crippen LogP contribution >= 0.6 is 0 Å². The molecule has 1 aromatic heterocycles. The van der Waals surface area contributed by atoms with Crippen molar-refractivity contribution < 1.29 is 4.43 Å². The van der Waals surface area contributed by atoms with Crippen LogP contribution in [0.2, 0.25) is 18.1 Å². The van der Waals surface area contributed by atoms with Gasteiger partial charge in [0.1, 0.15) is 11.4 Å². The minimum absolute atomic E-state index is 0.185. The Morgan fingerprint density at radius 1 is 1.11 bits per heavy atom. The zero-order valence-corrected chi connectivity index (χ0v) is 13.3. The monoisotopic (exact) mass is 274 g/mol. The lowest BCUT2D eigenvalue weighted by Gasteiger charge is -2.36. The third kappa shape index (κ3) is 2.89. The highest BCUT2D eigenvalue weighted by Gasteiger charge is 2.39. The van der Waals surface area contributed by atoms with Crippen molar-refractivity contribution in [3.63, 3.8) is 0 Å². The minimum Gasteiger partial charge on any atom is -0.542 e. The van der Waals surface area contributed by atoms with Crippen LogP contribution < -0.4 is 4.43 Å². The average Bonchev–Trinajstić information content (AvgIpc) is 2.81. The molecule has 2 rings (SSSR count). The molecule has 0 fully saturated rings. The molecule has 3 nitrogen and oxygen atoms in total. The Labute approximate surface area is 116 Å². The van der Waals surface area contributed by atoms with Crippen LogP contribution in [0.5, 0.6) is 5.75 Å². The topological polar surface area (TPSA) is 27.1 Å². The van der Waals surface area contributed by atoms with E-state index in [4.69, 9.17) is 4.43 Å². The van der Waals surface area contributed by atoms with Gasteiger partial charge in [0.05, 0.1) is 0 Å².